The van der Waals surface area contributed by atoms with E-state index < -0.39 is 0 Å². The first-order valence-corrected chi connectivity index (χ1v) is 8.36. The number of phenols is 1. The van der Waals surface area contributed by atoms with Gasteiger partial charge in [-0.05, 0) is 47.9 Å². The lowest BCUT2D eigenvalue weighted by Gasteiger charge is -2.09. The number of benzene rings is 2. The van der Waals surface area contributed by atoms with Gasteiger partial charge in [-0.1, -0.05) is 17.3 Å². The van der Waals surface area contributed by atoms with Crippen LogP contribution in [0.15, 0.2) is 46.5 Å². The number of nitroso groups, excluding NO2 is 1. The molecule has 2 aromatic carbocycles. The third-order valence-electron chi connectivity index (χ3n) is 3.53. The summed E-state index contributed by atoms with van der Waals surface area (Å²) in [5, 5.41) is 14.6. The van der Waals surface area contributed by atoms with Gasteiger partial charge >= 0.3 is 5.97 Å². The zero-order valence-electron chi connectivity index (χ0n) is 12.9. The molecule has 0 spiro atoms. The van der Waals surface area contributed by atoms with Crippen LogP contribution in [0.25, 0.3) is 10.8 Å². The van der Waals surface area contributed by atoms with Gasteiger partial charge in [-0.25, -0.2) is 0 Å². The van der Waals surface area contributed by atoms with Crippen molar-refractivity contribution < 1.29 is 14.6 Å². The van der Waals surface area contributed by atoms with Crippen molar-refractivity contribution in [2.45, 2.75) is 30.2 Å². The summed E-state index contributed by atoms with van der Waals surface area (Å²) in [6, 6.07) is 10.8. The number of carbonyl (C=O) groups is 1. The van der Waals surface area contributed by atoms with Crippen LogP contribution >= 0.6 is 11.8 Å². The number of hydrogen-bond donors (Lipinski definition) is 1. The van der Waals surface area contributed by atoms with Gasteiger partial charge in [0.25, 0.3) is 0 Å². The molecular formula is C17H19NO4S. The molecule has 0 heterocycles. The van der Waals surface area contributed by atoms with Crippen LogP contribution < -0.4 is 0 Å². The second kappa shape index (κ2) is 8.53. The van der Waals surface area contributed by atoms with Crippen LogP contribution in [0.4, 0.5) is 0 Å². The number of thioether (sulfide) groups is 1. The van der Waals surface area contributed by atoms with E-state index in [0.717, 1.165) is 15.7 Å². The molecule has 0 saturated heterocycles. The molecule has 0 aliphatic heterocycles. The smallest absolute Gasteiger partial charge is 0.305 e. The number of fused-ring (bicyclic) bond motifs is 1. The lowest BCUT2D eigenvalue weighted by Crippen LogP contribution is -2.09. The molecule has 2 aromatic rings. The van der Waals surface area contributed by atoms with E-state index in [4.69, 9.17) is 0 Å². The molecule has 0 aliphatic carbocycles. The molecule has 2 rings (SSSR count). The number of rotatable bonds is 8. The SMILES string of the molecule is COC(=O)CCCC(CSc1ccc2cc(O)ccc2c1)N=O. The second-order valence-electron chi connectivity index (χ2n) is 5.23. The Hall–Kier alpha value is -2.08. The van der Waals surface area contributed by atoms with E-state index in [1.165, 1.54) is 7.11 Å². The lowest BCUT2D eigenvalue weighted by atomic mass is 10.1. The summed E-state index contributed by atoms with van der Waals surface area (Å²) in [7, 11) is 1.35. The summed E-state index contributed by atoms with van der Waals surface area (Å²) < 4.78 is 4.57. The van der Waals surface area contributed by atoms with Crippen LogP contribution in [0.2, 0.25) is 0 Å². The van der Waals surface area contributed by atoms with Crippen molar-refractivity contribution in [3.8, 4) is 5.75 Å². The van der Waals surface area contributed by atoms with Crippen LogP contribution in [0, 0.1) is 4.91 Å². The average molecular weight is 333 g/mol. The number of phenolic OH excluding ortho intramolecular Hbond substituents is 1. The Kier molecular flexibility index (Phi) is 6.40. The second-order valence-corrected chi connectivity index (χ2v) is 6.33. The quantitative estimate of drug-likeness (QED) is 0.447. The van der Waals surface area contributed by atoms with Crippen molar-refractivity contribution >= 4 is 28.5 Å². The van der Waals surface area contributed by atoms with Crippen LogP contribution in [-0.4, -0.2) is 30.0 Å². The van der Waals surface area contributed by atoms with Crippen molar-refractivity contribution in [3.63, 3.8) is 0 Å². The summed E-state index contributed by atoms with van der Waals surface area (Å²) in [6.07, 6.45) is 1.49. The van der Waals surface area contributed by atoms with Gasteiger partial charge in [-0.2, -0.15) is 4.91 Å². The van der Waals surface area contributed by atoms with E-state index in [0.29, 0.717) is 25.0 Å². The van der Waals surface area contributed by atoms with Crippen molar-refractivity contribution in [2.75, 3.05) is 12.9 Å². The van der Waals surface area contributed by atoms with E-state index in [2.05, 4.69) is 9.91 Å². The third kappa shape index (κ3) is 5.25. The molecule has 0 bridgehead atoms. The average Bonchev–Trinajstić information content (AvgIpc) is 2.57. The van der Waals surface area contributed by atoms with Crippen LogP contribution in [0.5, 0.6) is 5.75 Å². The number of ether oxygens (including phenoxy) is 1. The fourth-order valence-electron chi connectivity index (χ4n) is 2.24. The van der Waals surface area contributed by atoms with Gasteiger partial charge in [-0.3, -0.25) is 4.79 Å². The molecule has 23 heavy (non-hydrogen) atoms. The minimum atomic E-state index is -0.319. The molecule has 1 N–H and O–H groups in total. The van der Waals surface area contributed by atoms with Crippen LogP contribution in [0.3, 0.4) is 0 Å². The van der Waals surface area contributed by atoms with Crippen molar-refractivity contribution in [1.29, 1.82) is 0 Å². The minimum Gasteiger partial charge on any atom is -0.508 e. The van der Waals surface area contributed by atoms with Crippen LogP contribution in [-0.2, 0) is 9.53 Å². The summed E-state index contributed by atoms with van der Waals surface area (Å²) in [4.78, 5) is 23.0. The van der Waals surface area contributed by atoms with Gasteiger partial charge < -0.3 is 9.84 Å². The summed E-state index contributed by atoms with van der Waals surface area (Å²) in [5.74, 6) is 0.558. The Balaban J connectivity index is 1.89. The summed E-state index contributed by atoms with van der Waals surface area (Å²) in [6.45, 7) is 0. The molecule has 1 unspecified atom stereocenters. The van der Waals surface area contributed by atoms with Gasteiger partial charge in [0.2, 0.25) is 0 Å². The fourth-order valence-corrected chi connectivity index (χ4v) is 3.23. The Morgan fingerprint density at radius 1 is 1.26 bits per heavy atom. The molecule has 0 amide bonds. The summed E-state index contributed by atoms with van der Waals surface area (Å²) >= 11 is 1.56. The maximum atomic E-state index is 11.1. The molecule has 0 aliphatic rings. The highest BCUT2D eigenvalue weighted by Gasteiger charge is 2.11. The van der Waals surface area contributed by atoms with E-state index in [1.807, 2.05) is 24.3 Å². The Bertz CT molecular complexity index is 689. The first-order chi connectivity index (χ1) is 11.1. The highest BCUT2D eigenvalue weighted by Crippen LogP contribution is 2.27. The number of aromatic hydroxyl groups is 1. The number of methoxy groups -OCH3 is 1. The Morgan fingerprint density at radius 2 is 2.00 bits per heavy atom. The zero-order chi connectivity index (χ0) is 16.7. The number of hydrogen-bond acceptors (Lipinski definition) is 6. The van der Waals surface area contributed by atoms with E-state index in [1.54, 1.807) is 23.9 Å². The first-order valence-electron chi connectivity index (χ1n) is 7.37. The third-order valence-corrected chi connectivity index (χ3v) is 4.67. The highest BCUT2D eigenvalue weighted by molar-refractivity contribution is 7.99. The Labute approximate surface area is 139 Å². The molecule has 0 fully saturated rings. The lowest BCUT2D eigenvalue weighted by molar-refractivity contribution is -0.140. The molecule has 1 atom stereocenters. The first kappa shape index (κ1) is 17.3. The largest absolute Gasteiger partial charge is 0.508 e. The number of carbonyl (C=O) groups excluding carboxylic acids is 1. The van der Waals surface area contributed by atoms with Crippen molar-refractivity contribution in [1.82, 2.24) is 0 Å². The zero-order valence-corrected chi connectivity index (χ0v) is 13.7. The number of esters is 1. The van der Waals surface area contributed by atoms with E-state index in [9.17, 15) is 14.8 Å². The van der Waals surface area contributed by atoms with Crippen molar-refractivity contribution in [3.05, 3.63) is 41.3 Å². The van der Waals surface area contributed by atoms with Gasteiger partial charge in [0, 0.05) is 17.1 Å². The van der Waals surface area contributed by atoms with Gasteiger partial charge in [0.1, 0.15) is 11.8 Å². The molecule has 0 radical (unpaired) electrons. The molecule has 6 heteroatoms. The molecule has 0 saturated carbocycles. The molecular weight excluding hydrogens is 314 g/mol. The predicted molar refractivity (Wildman–Crippen MR) is 91.8 cm³/mol. The highest BCUT2D eigenvalue weighted by atomic mass is 32.2. The molecule has 5 nitrogen and oxygen atoms in total. The van der Waals surface area contributed by atoms with Gasteiger partial charge in [-0.15, -0.1) is 11.8 Å². The van der Waals surface area contributed by atoms with E-state index in [-0.39, 0.29) is 17.8 Å². The number of nitrogens with zero attached hydrogens (tertiary/aromatic N) is 1. The van der Waals surface area contributed by atoms with Crippen molar-refractivity contribution in [2.24, 2.45) is 5.18 Å². The maximum absolute atomic E-state index is 11.1. The topological polar surface area (TPSA) is 76.0 Å². The normalized spacial score (nSPS) is 12.0. The fraction of sp³-hybridized carbons (Fsp3) is 0.353. The molecule has 0 aromatic heterocycles. The molecule has 122 valence electrons. The predicted octanol–water partition coefficient (Wildman–Crippen LogP) is 4.12. The van der Waals surface area contributed by atoms with Crippen LogP contribution in [0.1, 0.15) is 19.3 Å². The summed E-state index contributed by atoms with van der Waals surface area (Å²) in [5.41, 5.74) is 0. The Morgan fingerprint density at radius 3 is 2.74 bits per heavy atom. The van der Waals surface area contributed by atoms with Gasteiger partial charge in [0.05, 0.1) is 7.11 Å². The monoisotopic (exact) mass is 333 g/mol. The van der Waals surface area contributed by atoms with Gasteiger partial charge in [0.15, 0.2) is 0 Å². The maximum Gasteiger partial charge on any atom is 0.305 e. The minimum absolute atomic E-state index is 0.244. The standard InChI is InChI=1S/C17H19NO4S/c1-22-17(20)4-2-3-14(18-21)11-23-16-8-6-12-9-15(19)7-5-13(12)10-16/h5-10,14,19H,2-4,11H2,1H3. The van der Waals surface area contributed by atoms with E-state index >= 15 is 0 Å².